The maximum absolute atomic E-state index is 13.1. The zero-order chi connectivity index (χ0) is 19.3. The molecule has 0 bridgehead atoms. The maximum Gasteiger partial charge on any atom is 0.366 e. The minimum Gasteiger partial charge on any atom is -0.478 e. The molecule has 0 saturated carbocycles. The van der Waals surface area contributed by atoms with Gasteiger partial charge in [-0.1, -0.05) is 49.6 Å². The number of carbonyl (C=O) groups is 1. The Labute approximate surface area is 159 Å². The van der Waals surface area contributed by atoms with Gasteiger partial charge in [-0.25, -0.2) is 9.78 Å². The highest BCUT2D eigenvalue weighted by molar-refractivity contribution is 5.86. The number of hydrogen-bond donors (Lipinski definition) is 0. The van der Waals surface area contributed by atoms with Crippen LogP contribution in [0.4, 0.5) is 4.39 Å². The highest BCUT2D eigenvalue weighted by atomic mass is 19.1. The highest BCUT2D eigenvalue weighted by Crippen LogP contribution is 2.16. The molecule has 144 valence electrons. The molecule has 0 aliphatic carbocycles. The van der Waals surface area contributed by atoms with Crippen LogP contribution in [0.15, 0.2) is 60.5 Å². The van der Waals surface area contributed by atoms with Crippen molar-refractivity contribution < 1.29 is 18.7 Å². The lowest BCUT2D eigenvalue weighted by Crippen LogP contribution is -1.99. The number of fused-ring (bicyclic) bond motifs is 1. The molecule has 1 heterocycles. The molecule has 0 fully saturated rings. The van der Waals surface area contributed by atoms with E-state index in [1.54, 1.807) is 6.08 Å². The summed E-state index contributed by atoms with van der Waals surface area (Å²) >= 11 is 0. The van der Waals surface area contributed by atoms with Gasteiger partial charge in [-0.2, -0.15) is 4.39 Å². The first-order valence-electron chi connectivity index (χ1n) is 9.30. The van der Waals surface area contributed by atoms with Crippen LogP contribution in [-0.4, -0.2) is 24.7 Å². The fourth-order valence-corrected chi connectivity index (χ4v) is 2.61. The molecule has 27 heavy (non-hydrogen) atoms. The van der Waals surface area contributed by atoms with E-state index < -0.39 is 11.8 Å². The van der Waals surface area contributed by atoms with Crippen LogP contribution in [0.2, 0.25) is 0 Å². The van der Waals surface area contributed by atoms with Gasteiger partial charge in [0, 0.05) is 11.5 Å². The number of ether oxygens (including phenoxy) is 2. The molecule has 0 aliphatic heterocycles. The average molecular weight is 371 g/mol. The van der Waals surface area contributed by atoms with E-state index in [0.29, 0.717) is 12.5 Å². The minimum atomic E-state index is -0.944. The Morgan fingerprint density at radius 3 is 2.70 bits per heavy atom. The molecule has 4 nitrogen and oxygen atoms in total. The van der Waals surface area contributed by atoms with Crippen molar-refractivity contribution in [1.82, 2.24) is 4.98 Å². The number of halogens is 1. The predicted molar refractivity (Wildman–Crippen MR) is 105 cm³/mol. The van der Waals surface area contributed by atoms with E-state index in [1.165, 1.54) is 0 Å². The zero-order valence-corrected chi connectivity index (χ0v) is 15.7. The largest absolute Gasteiger partial charge is 0.478 e. The van der Waals surface area contributed by atoms with Gasteiger partial charge in [0.15, 0.2) is 0 Å². The molecule has 1 aromatic heterocycles. The summed E-state index contributed by atoms with van der Waals surface area (Å²) in [7, 11) is 1.16. The van der Waals surface area contributed by atoms with E-state index in [2.05, 4.69) is 9.72 Å². The molecule has 0 atom stereocenters. The van der Waals surface area contributed by atoms with Gasteiger partial charge in [-0.15, -0.1) is 0 Å². The van der Waals surface area contributed by atoms with Crippen LogP contribution in [0.25, 0.3) is 10.9 Å². The quantitative estimate of drug-likeness (QED) is 0.225. The second kappa shape index (κ2) is 11.8. The number of hydrogen-bond acceptors (Lipinski definition) is 4. The van der Waals surface area contributed by atoms with Gasteiger partial charge in [0.2, 0.25) is 11.7 Å². The molecule has 5 heteroatoms. The van der Waals surface area contributed by atoms with E-state index in [0.717, 1.165) is 62.6 Å². The number of rotatable bonds is 11. The third kappa shape index (κ3) is 7.60. The normalized spacial score (nSPS) is 11.9. The van der Waals surface area contributed by atoms with Crippen molar-refractivity contribution in [2.75, 3.05) is 13.7 Å². The SMILES string of the molecule is COC(=O)C(F)=CC=CCCCCCCCOc1ccc2ccccc2n1. The number of para-hydroxylation sites is 1. The van der Waals surface area contributed by atoms with Crippen LogP contribution in [0, 0.1) is 0 Å². The fourth-order valence-electron chi connectivity index (χ4n) is 2.61. The molecule has 0 saturated heterocycles. The van der Waals surface area contributed by atoms with Crippen molar-refractivity contribution in [3.05, 3.63) is 60.5 Å². The number of nitrogens with zero attached hydrogens (tertiary/aromatic N) is 1. The fraction of sp³-hybridized carbons (Fsp3) is 0.364. The van der Waals surface area contributed by atoms with E-state index in [1.807, 2.05) is 42.5 Å². The van der Waals surface area contributed by atoms with Crippen LogP contribution < -0.4 is 4.74 Å². The van der Waals surface area contributed by atoms with Crippen molar-refractivity contribution in [2.24, 2.45) is 0 Å². The van der Waals surface area contributed by atoms with E-state index >= 15 is 0 Å². The molecule has 0 N–H and O–H groups in total. The molecule has 2 aromatic rings. The number of allylic oxidation sites excluding steroid dienone is 3. The predicted octanol–water partition coefficient (Wildman–Crippen LogP) is 5.54. The topological polar surface area (TPSA) is 48.4 Å². The van der Waals surface area contributed by atoms with Crippen molar-refractivity contribution >= 4 is 16.9 Å². The molecule has 0 aliphatic rings. The van der Waals surface area contributed by atoms with Crippen molar-refractivity contribution in [2.45, 2.75) is 38.5 Å². The molecular formula is C22H26FNO3. The van der Waals surface area contributed by atoms with Gasteiger partial charge in [0.25, 0.3) is 0 Å². The first kappa shape index (κ1) is 20.6. The number of unbranched alkanes of at least 4 members (excludes halogenated alkanes) is 5. The highest BCUT2D eigenvalue weighted by Gasteiger charge is 2.05. The molecule has 1 aromatic carbocycles. The Hall–Kier alpha value is -2.69. The van der Waals surface area contributed by atoms with Crippen LogP contribution in [0.1, 0.15) is 38.5 Å². The van der Waals surface area contributed by atoms with Crippen molar-refractivity contribution in [3.8, 4) is 5.88 Å². The first-order valence-corrected chi connectivity index (χ1v) is 9.30. The third-order valence-electron chi connectivity index (χ3n) is 4.10. The number of esters is 1. The molecular weight excluding hydrogens is 345 g/mol. The van der Waals surface area contributed by atoms with Crippen LogP contribution in [0.5, 0.6) is 5.88 Å². The average Bonchev–Trinajstić information content (AvgIpc) is 2.71. The minimum absolute atomic E-state index is 0.669. The summed E-state index contributed by atoms with van der Waals surface area (Å²) in [5, 5.41) is 1.11. The summed E-state index contributed by atoms with van der Waals surface area (Å²) in [6.07, 6.45) is 10.8. The molecule has 0 radical (unpaired) electrons. The molecule has 2 rings (SSSR count). The second-order valence-corrected chi connectivity index (χ2v) is 6.18. The monoisotopic (exact) mass is 371 g/mol. The smallest absolute Gasteiger partial charge is 0.366 e. The molecule has 0 unspecified atom stereocenters. The van der Waals surface area contributed by atoms with Crippen molar-refractivity contribution in [1.29, 1.82) is 0 Å². The Morgan fingerprint density at radius 1 is 1.07 bits per heavy atom. The number of aromatic nitrogens is 1. The summed E-state index contributed by atoms with van der Waals surface area (Å²) in [5.41, 5.74) is 0.948. The van der Waals surface area contributed by atoms with E-state index in [-0.39, 0.29) is 0 Å². The van der Waals surface area contributed by atoms with Gasteiger partial charge in [-0.05, 0) is 37.5 Å². The Kier molecular flexibility index (Phi) is 9.04. The van der Waals surface area contributed by atoms with Gasteiger partial charge in [-0.3, -0.25) is 0 Å². The Morgan fingerprint density at radius 2 is 1.85 bits per heavy atom. The van der Waals surface area contributed by atoms with Crippen LogP contribution in [0.3, 0.4) is 0 Å². The summed E-state index contributed by atoms with van der Waals surface area (Å²) in [6.45, 7) is 0.669. The second-order valence-electron chi connectivity index (χ2n) is 6.18. The number of benzene rings is 1. The lowest BCUT2D eigenvalue weighted by atomic mass is 10.1. The molecule has 0 amide bonds. The Bertz CT molecular complexity index is 786. The molecule has 0 spiro atoms. The number of carbonyl (C=O) groups excluding carboxylic acids is 1. The van der Waals surface area contributed by atoms with Crippen LogP contribution >= 0.6 is 0 Å². The third-order valence-corrected chi connectivity index (χ3v) is 4.10. The maximum atomic E-state index is 13.1. The van der Waals surface area contributed by atoms with Gasteiger partial charge in [0.1, 0.15) is 0 Å². The van der Waals surface area contributed by atoms with E-state index in [4.69, 9.17) is 4.74 Å². The summed E-state index contributed by atoms with van der Waals surface area (Å²) in [4.78, 5) is 15.3. The summed E-state index contributed by atoms with van der Waals surface area (Å²) < 4.78 is 23.1. The first-order chi connectivity index (χ1) is 13.2. The van der Waals surface area contributed by atoms with E-state index in [9.17, 15) is 9.18 Å². The summed E-state index contributed by atoms with van der Waals surface area (Å²) in [6, 6.07) is 11.9. The summed E-state index contributed by atoms with van der Waals surface area (Å²) in [5.74, 6) is -1.15. The number of methoxy groups -OCH3 is 1. The lowest BCUT2D eigenvalue weighted by molar-refractivity contribution is -0.137. The van der Waals surface area contributed by atoms with Gasteiger partial charge < -0.3 is 9.47 Å². The standard InChI is InChI=1S/C22H26FNO3/c1-26-22(25)19(23)13-8-6-4-2-3-5-7-11-17-27-21-16-15-18-12-9-10-14-20(18)24-21/h6,8-10,12-16H,2-5,7,11,17H2,1H3. The van der Waals surface area contributed by atoms with Gasteiger partial charge >= 0.3 is 5.97 Å². The van der Waals surface area contributed by atoms with Gasteiger partial charge in [0.05, 0.1) is 19.2 Å². The Balaban J connectivity index is 1.51. The lowest BCUT2D eigenvalue weighted by Gasteiger charge is -2.06. The zero-order valence-electron chi connectivity index (χ0n) is 15.7. The number of pyridine rings is 1. The van der Waals surface area contributed by atoms with Crippen molar-refractivity contribution in [3.63, 3.8) is 0 Å². The van der Waals surface area contributed by atoms with Crippen LogP contribution in [-0.2, 0) is 9.53 Å².